The molecule has 0 atom stereocenters. The lowest BCUT2D eigenvalue weighted by molar-refractivity contribution is 0.457. The molecule has 3 aromatic rings. The molecule has 0 spiro atoms. The predicted molar refractivity (Wildman–Crippen MR) is 88.4 cm³/mol. The van der Waals surface area contributed by atoms with E-state index in [1.807, 2.05) is 25.1 Å². The van der Waals surface area contributed by atoms with E-state index in [2.05, 4.69) is 9.98 Å². The zero-order valence-corrected chi connectivity index (χ0v) is 12.7. The van der Waals surface area contributed by atoms with Crippen LogP contribution in [0.4, 0.5) is 5.69 Å². The van der Waals surface area contributed by atoms with Gasteiger partial charge in [0.2, 0.25) is 0 Å². The number of aromatic nitrogens is 1. The normalized spacial score (nSPS) is 11.6. The third-order valence-corrected chi connectivity index (χ3v) is 3.96. The van der Waals surface area contributed by atoms with E-state index >= 15 is 0 Å². The maximum Gasteiger partial charge on any atom is 0.198 e. The number of aromatic hydroxyl groups is 1. The first-order chi connectivity index (χ1) is 10.0. The van der Waals surface area contributed by atoms with Gasteiger partial charge in [0.25, 0.3) is 0 Å². The van der Waals surface area contributed by atoms with Gasteiger partial charge < -0.3 is 10.1 Å². The van der Waals surface area contributed by atoms with Crippen LogP contribution in [0.5, 0.6) is 5.88 Å². The molecular weight excluding hydrogens is 307 g/mol. The molecular formula is C16H12Cl2N2O. The third kappa shape index (κ3) is 2.75. The van der Waals surface area contributed by atoms with E-state index in [1.165, 1.54) is 0 Å². The molecule has 3 rings (SSSR count). The Kier molecular flexibility index (Phi) is 3.62. The first kappa shape index (κ1) is 14.0. The van der Waals surface area contributed by atoms with Crippen molar-refractivity contribution in [2.75, 3.05) is 0 Å². The summed E-state index contributed by atoms with van der Waals surface area (Å²) < 4.78 is 0. The molecule has 0 fully saturated rings. The van der Waals surface area contributed by atoms with E-state index in [1.54, 1.807) is 24.4 Å². The van der Waals surface area contributed by atoms with Crippen molar-refractivity contribution in [1.82, 2.24) is 4.98 Å². The maximum absolute atomic E-state index is 10.0. The number of nitrogens with zero attached hydrogens (tertiary/aromatic N) is 1. The van der Waals surface area contributed by atoms with Crippen LogP contribution in [-0.4, -0.2) is 16.3 Å². The van der Waals surface area contributed by atoms with Crippen LogP contribution in [-0.2, 0) is 0 Å². The summed E-state index contributed by atoms with van der Waals surface area (Å²) in [6, 6.07) is 11.1. The van der Waals surface area contributed by atoms with Crippen LogP contribution in [0.2, 0.25) is 10.0 Å². The van der Waals surface area contributed by atoms with E-state index in [-0.39, 0.29) is 5.88 Å². The van der Waals surface area contributed by atoms with Crippen LogP contribution >= 0.6 is 23.2 Å². The zero-order valence-electron chi connectivity index (χ0n) is 11.2. The molecule has 2 aromatic carbocycles. The highest BCUT2D eigenvalue weighted by Gasteiger charge is 2.08. The quantitative estimate of drug-likeness (QED) is 0.624. The number of hydrogen-bond donors (Lipinski definition) is 2. The number of halogens is 2. The van der Waals surface area contributed by atoms with Crippen molar-refractivity contribution < 1.29 is 5.11 Å². The number of H-pyrrole nitrogens is 1. The predicted octanol–water partition coefficient (Wildman–Crippen LogP) is 5.24. The van der Waals surface area contributed by atoms with Crippen molar-refractivity contribution in [2.24, 2.45) is 4.99 Å². The number of hydrogen-bond acceptors (Lipinski definition) is 2. The molecule has 0 saturated carbocycles. The molecule has 0 bridgehead atoms. The minimum atomic E-state index is 0.0967. The van der Waals surface area contributed by atoms with E-state index in [0.29, 0.717) is 21.3 Å². The van der Waals surface area contributed by atoms with E-state index < -0.39 is 0 Å². The molecule has 0 unspecified atom stereocenters. The van der Waals surface area contributed by atoms with Gasteiger partial charge in [-0.15, -0.1) is 0 Å². The standard InChI is InChI=1S/C16H12Cl2N2O/c1-9-2-4-11-12(16(21)20-15(11)6-9)8-19-10-3-5-13(17)14(18)7-10/h2-8,20-21H,1H3. The molecule has 5 heteroatoms. The van der Waals surface area contributed by atoms with Crippen LogP contribution in [0, 0.1) is 6.92 Å². The molecule has 1 aromatic heterocycles. The van der Waals surface area contributed by atoms with Gasteiger partial charge in [0, 0.05) is 17.1 Å². The van der Waals surface area contributed by atoms with Gasteiger partial charge in [-0.3, -0.25) is 4.99 Å². The van der Waals surface area contributed by atoms with Gasteiger partial charge in [-0.2, -0.15) is 0 Å². The lowest BCUT2D eigenvalue weighted by Gasteiger charge is -1.98. The molecule has 1 heterocycles. The Morgan fingerprint density at radius 2 is 1.90 bits per heavy atom. The fourth-order valence-corrected chi connectivity index (χ4v) is 2.45. The van der Waals surface area contributed by atoms with Gasteiger partial charge in [-0.25, -0.2) is 0 Å². The van der Waals surface area contributed by atoms with Gasteiger partial charge in [-0.1, -0.05) is 35.3 Å². The molecule has 0 aliphatic heterocycles. The van der Waals surface area contributed by atoms with Crippen LogP contribution < -0.4 is 0 Å². The first-order valence-electron chi connectivity index (χ1n) is 6.35. The molecule has 0 aliphatic rings. The summed E-state index contributed by atoms with van der Waals surface area (Å²) in [7, 11) is 0. The van der Waals surface area contributed by atoms with Crippen LogP contribution in [0.25, 0.3) is 10.9 Å². The minimum Gasteiger partial charge on any atom is -0.494 e. The average molecular weight is 319 g/mol. The van der Waals surface area contributed by atoms with Gasteiger partial charge in [0.1, 0.15) is 0 Å². The highest BCUT2D eigenvalue weighted by atomic mass is 35.5. The number of aromatic amines is 1. The van der Waals surface area contributed by atoms with E-state index in [9.17, 15) is 5.11 Å². The summed E-state index contributed by atoms with van der Waals surface area (Å²) in [5, 5.41) is 11.9. The van der Waals surface area contributed by atoms with E-state index in [4.69, 9.17) is 23.2 Å². The Morgan fingerprint density at radius 1 is 1.10 bits per heavy atom. The topological polar surface area (TPSA) is 48.4 Å². The Balaban J connectivity index is 2.02. The lowest BCUT2D eigenvalue weighted by Crippen LogP contribution is -1.79. The van der Waals surface area contributed by atoms with E-state index in [0.717, 1.165) is 16.5 Å². The summed E-state index contributed by atoms with van der Waals surface area (Å²) in [5.41, 5.74) is 3.32. The van der Waals surface area contributed by atoms with Crippen molar-refractivity contribution in [3.05, 3.63) is 57.6 Å². The second-order valence-electron chi connectivity index (χ2n) is 4.79. The molecule has 3 nitrogen and oxygen atoms in total. The molecule has 2 N–H and O–H groups in total. The number of aryl methyl sites for hydroxylation is 1. The Bertz CT molecular complexity index is 853. The second-order valence-corrected chi connectivity index (χ2v) is 5.61. The summed E-state index contributed by atoms with van der Waals surface area (Å²) in [4.78, 5) is 7.28. The van der Waals surface area contributed by atoms with Crippen LogP contribution in [0.3, 0.4) is 0 Å². The fourth-order valence-electron chi connectivity index (χ4n) is 2.15. The first-order valence-corrected chi connectivity index (χ1v) is 7.10. The Labute approximate surface area is 131 Å². The van der Waals surface area contributed by atoms with Gasteiger partial charge in [0.05, 0.1) is 21.3 Å². The zero-order chi connectivity index (χ0) is 15.0. The number of rotatable bonds is 2. The summed E-state index contributed by atoms with van der Waals surface area (Å²) in [6.45, 7) is 2.00. The number of fused-ring (bicyclic) bond motifs is 1. The Morgan fingerprint density at radius 3 is 2.67 bits per heavy atom. The highest BCUT2D eigenvalue weighted by Crippen LogP contribution is 2.29. The number of benzene rings is 2. The molecule has 0 radical (unpaired) electrons. The van der Waals surface area contributed by atoms with Gasteiger partial charge >= 0.3 is 0 Å². The highest BCUT2D eigenvalue weighted by molar-refractivity contribution is 6.42. The molecule has 106 valence electrons. The van der Waals surface area contributed by atoms with Crippen molar-refractivity contribution in [3.8, 4) is 5.88 Å². The minimum absolute atomic E-state index is 0.0967. The van der Waals surface area contributed by atoms with Crippen molar-refractivity contribution >= 4 is 46.0 Å². The third-order valence-electron chi connectivity index (χ3n) is 3.22. The molecule has 21 heavy (non-hydrogen) atoms. The SMILES string of the molecule is Cc1ccc2c(C=Nc3ccc(Cl)c(Cl)c3)c(O)[nH]c2c1. The summed E-state index contributed by atoms with van der Waals surface area (Å²) in [6.07, 6.45) is 1.61. The van der Waals surface area contributed by atoms with Gasteiger partial charge in [-0.05, 0) is 36.8 Å². The van der Waals surface area contributed by atoms with Crippen molar-refractivity contribution in [3.63, 3.8) is 0 Å². The average Bonchev–Trinajstić information content (AvgIpc) is 2.75. The summed E-state index contributed by atoms with van der Waals surface area (Å²) >= 11 is 11.8. The molecule has 0 saturated heterocycles. The molecule has 0 amide bonds. The number of nitrogens with one attached hydrogen (secondary N) is 1. The number of aliphatic imine (C=N–C) groups is 1. The molecule has 0 aliphatic carbocycles. The lowest BCUT2D eigenvalue weighted by atomic mass is 10.1. The monoisotopic (exact) mass is 318 g/mol. The van der Waals surface area contributed by atoms with Gasteiger partial charge in [0.15, 0.2) is 5.88 Å². The van der Waals surface area contributed by atoms with Crippen molar-refractivity contribution in [2.45, 2.75) is 6.92 Å². The van der Waals surface area contributed by atoms with Crippen molar-refractivity contribution in [1.29, 1.82) is 0 Å². The fraction of sp³-hybridized carbons (Fsp3) is 0.0625. The smallest absolute Gasteiger partial charge is 0.198 e. The van der Waals surface area contributed by atoms with Crippen LogP contribution in [0.1, 0.15) is 11.1 Å². The van der Waals surface area contributed by atoms with Crippen LogP contribution in [0.15, 0.2) is 41.4 Å². The second kappa shape index (κ2) is 5.43. The Hall–Kier alpha value is -1.97. The maximum atomic E-state index is 10.0. The largest absolute Gasteiger partial charge is 0.494 e. The summed E-state index contributed by atoms with van der Waals surface area (Å²) in [5.74, 6) is 0.0967.